The molecule has 0 fully saturated rings. The maximum atomic E-state index is 13.6. The number of fused-ring (bicyclic) bond motifs is 1. The number of amides is 1. The fourth-order valence-corrected chi connectivity index (χ4v) is 6.59. The molecule has 37 heavy (non-hydrogen) atoms. The molecule has 1 amide bonds. The molecule has 0 spiro atoms. The van der Waals surface area contributed by atoms with Crippen LogP contribution < -0.4 is 4.90 Å². The molecule has 0 unspecified atom stereocenters. The molecule has 5 rings (SSSR count). The normalized spacial score (nSPS) is 13.8. The molecule has 0 aliphatic carbocycles. The molecule has 3 aromatic carbocycles. The Morgan fingerprint density at radius 1 is 0.973 bits per heavy atom. The topological polar surface area (TPSA) is 75.5 Å². The summed E-state index contributed by atoms with van der Waals surface area (Å²) in [4.78, 5) is 15.6. The zero-order chi connectivity index (χ0) is 26.2. The number of para-hydroxylation sites is 1. The van der Waals surface area contributed by atoms with Crippen LogP contribution in [0.15, 0.2) is 83.8 Å². The van der Waals surface area contributed by atoms with Gasteiger partial charge in [0, 0.05) is 49.1 Å². The summed E-state index contributed by atoms with van der Waals surface area (Å²) in [6, 6.07) is 24.1. The second kappa shape index (κ2) is 9.95. The number of benzene rings is 3. The van der Waals surface area contributed by atoms with Gasteiger partial charge in [0.25, 0.3) is 5.91 Å². The van der Waals surface area contributed by atoms with Crippen molar-refractivity contribution in [2.24, 2.45) is 7.05 Å². The fourth-order valence-electron chi connectivity index (χ4n) is 4.98. The van der Waals surface area contributed by atoms with Gasteiger partial charge in [0.2, 0.25) is 10.0 Å². The lowest BCUT2D eigenvalue weighted by Crippen LogP contribution is -2.37. The Labute approximate surface area is 218 Å². The Morgan fingerprint density at radius 2 is 1.65 bits per heavy atom. The molecule has 0 radical (unpaired) electrons. The Balaban J connectivity index is 1.50. The van der Waals surface area contributed by atoms with Crippen LogP contribution in [-0.2, 0) is 36.6 Å². The number of nitrogens with zero attached hydrogens (tertiary/aromatic N) is 4. The first-order valence-corrected chi connectivity index (χ1v) is 13.7. The van der Waals surface area contributed by atoms with E-state index in [1.165, 1.54) is 4.31 Å². The van der Waals surface area contributed by atoms with Gasteiger partial charge in [0.05, 0.1) is 17.1 Å². The maximum Gasteiger partial charge on any atom is 0.258 e. The smallest absolute Gasteiger partial charge is 0.258 e. The lowest BCUT2D eigenvalue weighted by Gasteiger charge is -2.28. The molecule has 1 aliphatic heterocycles. The predicted octanol–water partition coefficient (Wildman–Crippen LogP) is 4.63. The second-order valence-corrected chi connectivity index (χ2v) is 11.4. The zero-order valence-electron chi connectivity index (χ0n) is 21.3. The van der Waals surface area contributed by atoms with Gasteiger partial charge in [-0.3, -0.25) is 9.48 Å². The van der Waals surface area contributed by atoms with E-state index in [0.29, 0.717) is 29.1 Å². The Bertz CT molecular complexity index is 1550. The van der Waals surface area contributed by atoms with E-state index in [0.717, 1.165) is 28.1 Å². The zero-order valence-corrected chi connectivity index (χ0v) is 22.1. The number of rotatable bonds is 6. The Morgan fingerprint density at radius 3 is 2.32 bits per heavy atom. The standard InChI is InChI=1S/C29H30N4O3S/c1-21-14-15-28(22(2)18-21)37(35,36)32-17-16-27-25(19-32)26(30-31(27)3)20-33(24-12-8-5-9-13-24)29(34)23-10-6-4-7-11-23/h4-15,18H,16-17,19-20H2,1-3H3. The van der Waals surface area contributed by atoms with Crippen LogP contribution in [0.3, 0.4) is 0 Å². The van der Waals surface area contributed by atoms with Crippen molar-refractivity contribution in [3.8, 4) is 0 Å². The van der Waals surface area contributed by atoms with Crippen LogP contribution in [0.4, 0.5) is 5.69 Å². The van der Waals surface area contributed by atoms with Gasteiger partial charge in [-0.25, -0.2) is 8.42 Å². The van der Waals surface area contributed by atoms with Crippen molar-refractivity contribution < 1.29 is 13.2 Å². The van der Waals surface area contributed by atoms with Crippen molar-refractivity contribution in [3.63, 3.8) is 0 Å². The van der Waals surface area contributed by atoms with Gasteiger partial charge < -0.3 is 4.90 Å². The minimum atomic E-state index is -3.68. The maximum absolute atomic E-state index is 13.6. The van der Waals surface area contributed by atoms with Crippen molar-refractivity contribution in [2.75, 3.05) is 11.4 Å². The van der Waals surface area contributed by atoms with E-state index in [9.17, 15) is 13.2 Å². The van der Waals surface area contributed by atoms with E-state index in [-0.39, 0.29) is 19.0 Å². The lowest BCUT2D eigenvalue weighted by molar-refractivity contribution is 0.0984. The summed E-state index contributed by atoms with van der Waals surface area (Å²) in [5.74, 6) is -0.137. The predicted molar refractivity (Wildman–Crippen MR) is 144 cm³/mol. The molecular weight excluding hydrogens is 484 g/mol. The first kappa shape index (κ1) is 24.9. The quantitative estimate of drug-likeness (QED) is 0.376. The van der Waals surface area contributed by atoms with Gasteiger partial charge in [-0.2, -0.15) is 9.40 Å². The van der Waals surface area contributed by atoms with E-state index in [2.05, 4.69) is 0 Å². The second-order valence-electron chi connectivity index (χ2n) is 9.45. The SMILES string of the molecule is Cc1ccc(S(=O)(=O)N2CCc3c(c(CN(C(=O)c4ccccc4)c4ccccc4)nn3C)C2)c(C)c1. The number of carbonyl (C=O) groups excluding carboxylic acids is 1. The first-order valence-electron chi connectivity index (χ1n) is 12.3. The number of sulfonamides is 1. The highest BCUT2D eigenvalue weighted by Gasteiger charge is 2.33. The van der Waals surface area contributed by atoms with Crippen molar-refractivity contribution in [1.82, 2.24) is 14.1 Å². The summed E-state index contributed by atoms with van der Waals surface area (Å²) in [7, 11) is -1.81. The highest BCUT2D eigenvalue weighted by atomic mass is 32.2. The summed E-state index contributed by atoms with van der Waals surface area (Å²) in [6.45, 7) is 4.62. The van der Waals surface area contributed by atoms with Crippen molar-refractivity contribution in [3.05, 3.63) is 113 Å². The molecule has 0 N–H and O–H groups in total. The fraction of sp³-hybridized carbons (Fsp3) is 0.241. The van der Waals surface area contributed by atoms with Gasteiger partial charge >= 0.3 is 0 Å². The summed E-state index contributed by atoms with van der Waals surface area (Å²) < 4.78 is 30.6. The monoisotopic (exact) mass is 514 g/mol. The van der Waals surface area contributed by atoms with Gasteiger partial charge in [0.15, 0.2) is 0 Å². The van der Waals surface area contributed by atoms with Crippen LogP contribution in [0.5, 0.6) is 0 Å². The van der Waals surface area contributed by atoms with Crippen molar-refractivity contribution in [2.45, 2.75) is 38.3 Å². The highest BCUT2D eigenvalue weighted by Crippen LogP contribution is 2.30. The molecule has 0 atom stereocenters. The molecule has 0 saturated carbocycles. The number of anilines is 1. The van der Waals surface area contributed by atoms with Gasteiger partial charge in [-0.1, -0.05) is 54.1 Å². The minimum Gasteiger partial charge on any atom is -0.302 e. The highest BCUT2D eigenvalue weighted by molar-refractivity contribution is 7.89. The third-order valence-corrected chi connectivity index (χ3v) is 8.89. The third kappa shape index (κ3) is 4.82. The summed E-state index contributed by atoms with van der Waals surface area (Å²) in [5.41, 5.74) is 5.66. The van der Waals surface area contributed by atoms with E-state index in [1.807, 2.05) is 86.2 Å². The molecule has 8 heteroatoms. The average molecular weight is 515 g/mol. The van der Waals surface area contributed by atoms with Crippen LogP contribution in [0.1, 0.15) is 38.4 Å². The van der Waals surface area contributed by atoms with Crippen LogP contribution in [0.2, 0.25) is 0 Å². The van der Waals surface area contributed by atoms with Gasteiger partial charge in [0.1, 0.15) is 0 Å². The molecule has 1 aliphatic rings. The molecule has 0 saturated heterocycles. The summed E-state index contributed by atoms with van der Waals surface area (Å²) in [6.07, 6.45) is 0.556. The van der Waals surface area contributed by atoms with Gasteiger partial charge in [-0.15, -0.1) is 0 Å². The molecule has 2 heterocycles. The van der Waals surface area contributed by atoms with E-state index < -0.39 is 10.0 Å². The lowest BCUT2D eigenvalue weighted by atomic mass is 10.1. The number of hydrogen-bond acceptors (Lipinski definition) is 4. The average Bonchev–Trinajstić information content (AvgIpc) is 3.22. The minimum absolute atomic E-state index is 0.137. The first-order chi connectivity index (χ1) is 17.8. The van der Waals surface area contributed by atoms with Gasteiger partial charge in [-0.05, 0) is 49.7 Å². The number of hydrogen-bond donors (Lipinski definition) is 0. The molecule has 190 valence electrons. The van der Waals surface area contributed by atoms with Crippen molar-refractivity contribution in [1.29, 1.82) is 0 Å². The van der Waals surface area contributed by atoms with Crippen LogP contribution in [0.25, 0.3) is 0 Å². The molecular formula is C29H30N4O3S. The summed E-state index contributed by atoms with van der Waals surface area (Å²) in [5, 5.41) is 4.75. The van der Waals surface area contributed by atoms with Crippen molar-refractivity contribution >= 4 is 21.6 Å². The number of carbonyl (C=O) groups is 1. The van der Waals surface area contributed by atoms with Crippen LogP contribution >= 0.6 is 0 Å². The van der Waals surface area contributed by atoms with E-state index in [1.54, 1.807) is 23.1 Å². The molecule has 0 bridgehead atoms. The molecule has 1 aromatic heterocycles. The summed E-state index contributed by atoms with van der Waals surface area (Å²) >= 11 is 0. The largest absolute Gasteiger partial charge is 0.302 e. The molecule has 4 aromatic rings. The number of aromatic nitrogens is 2. The molecule has 7 nitrogen and oxygen atoms in total. The third-order valence-electron chi connectivity index (χ3n) is 6.88. The van der Waals surface area contributed by atoms with E-state index in [4.69, 9.17) is 5.10 Å². The van der Waals surface area contributed by atoms with Crippen LogP contribution in [0, 0.1) is 13.8 Å². The van der Waals surface area contributed by atoms with E-state index >= 15 is 0 Å². The Hall–Kier alpha value is -3.75. The van der Waals surface area contributed by atoms with Crippen LogP contribution in [-0.4, -0.2) is 35.0 Å². The Kier molecular flexibility index (Phi) is 6.70. The number of aryl methyl sites for hydroxylation is 3.